The van der Waals surface area contributed by atoms with Crippen molar-refractivity contribution >= 4 is 47.2 Å². The summed E-state index contributed by atoms with van der Waals surface area (Å²) in [6.45, 7) is 2.02. The van der Waals surface area contributed by atoms with Crippen molar-refractivity contribution in [2.45, 2.75) is 63.2 Å². The van der Waals surface area contributed by atoms with Gasteiger partial charge in [0.15, 0.2) is 17.7 Å². The maximum atomic E-state index is 13.3. The van der Waals surface area contributed by atoms with Crippen LogP contribution in [0.4, 0.5) is 0 Å². The quantitative estimate of drug-likeness (QED) is 0.0217. The van der Waals surface area contributed by atoms with Crippen LogP contribution in [-0.4, -0.2) is 84.8 Å². The van der Waals surface area contributed by atoms with Crippen LogP contribution < -0.4 is 49.8 Å². The molecule has 1 aromatic carbocycles. The van der Waals surface area contributed by atoms with Gasteiger partial charge in [-0.25, -0.2) is 4.79 Å². The highest BCUT2D eigenvalue weighted by Crippen LogP contribution is 2.17. The second kappa shape index (κ2) is 19.3. The number of hydrogen-bond acceptors (Lipinski definition) is 10. The average molecular weight is 609 g/mol. The molecule has 1 rings (SSSR count). The summed E-state index contributed by atoms with van der Waals surface area (Å²) in [5.41, 5.74) is 33.3. The minimum absolute atomic E-state index is 0.0701. The highest BCUT2D eigenvalue weighted by atomic mass is 32.2. The van der Waals surface area contributed by atoms with Gasteiger partial charge in [0.1, 0.15) is 11.8 Å². The number of hydrogen-bond donors (Lipinski definition) is 8. The van der Waals surface area contributed by atoms with Crippen molar-refractivity contribution < 1.29 is 23.9 Å². The molecule has 4 atom stereocenters. The van der Waals surface area contributed by atoms with Crippen LogP contribution in [0.1, 0.15) is 49.4 Å². The molecule has 2 amide bonds. The number of guanidine groups is 2. The number of rotatable bonds is 19. The summed E-state index contributed by atoms with van der Waals surface area (Å²) in [6, 6.07) is 2.36. The number of amides is 2. The Morgan fingerprint density at radius 3 is 1.86 bits per heavy atom. The first-order valence-electron chi connectivity index (χ1n) is 13.4. The first kappa shape index (κ1) is 36.1. The summed E-state index contributed by atoms with van der Waals surface area (Å²) >= 11 is 1.56. The summed E-state index contributed by atoms with van der Waals surface area (Å²) in [5.74, 6) is -1.36. The number of thioether (sulfide) groups is 1. The van der Waals surface area contributed by atoms with Gasteiger partial charge >= 0.3 is 5.97 Å². The molecular weight excluding hydrogens is 564 g/mol. The number of Topliss-reactive ketones (excluding diaryl/α,β-unsaturated/α-hetero) is 1. The van der Waals surface area contributed by atoms with Crippen LogP contribution in [0.15, 0.2) is 34.3 Å². The first-order valence-corrected chi connectivity index (χ1v) is 14.8. The lowest BCUT2D eigenvalue weighted by molar-refractivity contribution is -0.139. The molecule has 0 bridgehead atoms. The van der Waals surface area contributed by atoms with E-state index in [2.05, 4.69) is 20.6 Å². The Labute approximate surface area is 250 Å². The molecule has 0 saturated carbocycles. The topological polar surface area (TPSA) is 282 Å². The van der Waals surface area contributed by atoms with Gasteiger partial charge in [0.25, 0.3) is 0 Å². The number of ether oxygens (including phenoxy) is 1. The third kappa shape index (κ3) is 14.1. The molecule has 0 heterocycles. The van der Waals surface area contributed by atoms with E-state index in [1.165, 1.54) is 31.2 Å². The molecule has 42 heavy (non-hydrogen) atoms. The molecule has 0 aliphatic heterocycles. The highest BCUT2D eigenvalue weighted by Gasteiger charge is 2.26. The molecule has 14 N–H and O–H groups in total. The zero-order chi connectivity index (χ0) is 31.7. The molecule has 0 radical (unpaired) electrons. The largest absolute Gasteiger partial charge is 0.425 e. The zero-order valence-corrected chi connectivity index (χ0v) is 24.9. The van der Waals surface area contributed by atoms with Gasteiger partial charge in [-0.05, 0) is 75.3 Å². The van der Waals surface area contributed by atoms with Gasteiger partial charge in [-0.3, -0.25) is 24.4 Å². The van der Waals surface area contributed by atoms with E-state index in [0.717, 1.165) is 0 Å². The van der Waals surface area contributed by atoms with Crippen LogP contribution in [0, 0.1) is 0 Å². The lowest BCUT2D eigenvalue weighted by Crippen LogP contribution is -2.48. The molecular formula is C26H44N10O5S. The Kier molecular flexibility index (Phi) is 16.6. The number of nitrogens with zero attached hydrogens (tertiary/aromatic N) is 2. The Morgan fingerprint density at radius 2 is 1.36 bits per heavy atom. The first-order chi connectivity index (χ1) is 19.8. The Hall–Kier alpha value is -3.89. The molecule has 15 nitrogen and oxygen atoms in total. The average Bonchev–Trinajstić information content (AvgIpc) is 2.94. The summed E-state index contributed by atoms with van der Waals surface area (Å²) in [6.07, 6.45) is 3.66. The maximum Gasteiger partial charge on any atom is 0.334 e. The number of nitrogens with one attached hydrogen (secondary N) is 2. The predicted octanol–water partition coefficient (Wildman–Crippen LogP) is -1.72. The number of carbonyl (C=O) groups excluding carboxylic acids is 4. The molecule has 0 aliphatic carbocycles. The molecule has 0 fully saturated rings. The van der Waals surface area contributed by atoms with Crippen LogP contribution in [0.5, 0.6) is 5.75 Å². The van der Waals surface area contributed by atoms with Gasteiger partial charge in [-0.1, -0.05) is 0 Å². The summed E-state index contributed by atoms with van der Waals surface area (Å²) < 4.78 is 5.45. The maximum absolute atomic E-state index is 13.3. The Balaban J connectivity index is 2.99. The number of nitrogens with two attached hydrogens (primary N) is 6. The van der Waals surface area contributed by atoms with Crippen molar-refractivity contribution in [2.75, 3.05) is 25.1 Å². The van der Waals surface area contributed by atoms with E-state index in [4.69, 9.17) is 39.1 Å². The van der Waals surface area contributed by atoms with Crippen molar-refractivity contribution in [2.24, 2.45) is 44.4 Å². The van der Waals surface area contributed by atoms with Crippen molar-refractivity contribution in [3.05, 3.63) is 29.8 Å². The fraction of sp³-hybridized carbons (Fsp3) is 0.538. The van der Waals surface area contributed by atoms with Crippen molar-refractivity contribution in [3.63, 3.8) is 0 Å². The second-order valence-electron chi connectivity index (χ2n) is 9.51. The van der Waals surface area contributed by atoms with E-state index in [9.17, 15) is 19.2 Å². The van der Waals surface area contributed by atoms with E-state index in [0.29, 0.717) is 25.0 Å². The van der Waals surface area contributed by atoms with Crippen LogP contribution in [-0.2, 0) is 14.4 Å². The molecule has 1 aromatic rings. The van der Waals surface area contributed by atoms with Gasteiger partial charge in [0.2, 0.25) is 11.8 Å². The molecule has 0 aromatic heterocycles. The zero-order valence-electron chi connectivity index (χ0n) is 24.1. The third-order valence-corrected chi connectivity index (χ3v) is 6.51. The number of ketones is 1. The number of esters is 1. The normalized spacial score (nSPS) is 13.5. The van der Waals surface area contributed by atoms with Gasteiger partial charge < -0.3 is 49.8 Å². The van der Waals surface area contributed by atoms with Crippen molar-refractivity contribution in [3.8, 4) is 5.75 Å². The van der Waals surface area contributed by atoms with E-state index in [-0.39, 0.29) is 54.9 Å². The van der Waals surface area contributed by atoms with E-state index in [1.54, 1.807) is 11.8 Å². The second-order valence-corrected chi connectivity index (χ2v) is 10.5. The molecule has 0 aliphatic rings. The summed E-state index contributed by atoms with van der Waals surface area (Å²) in [4.78, 5) is 58.7. The number of benzene rings is 1. The number of carbonyl (C=O) groups is 4. The van der Waals surface area contributed by atoms with E-state index in [1.807, 2.05) is 6.26 Å². The van der Waals surface area contributed by atoms with Gasteiger partial charge in [0.05, 0.1) is 18.1 Å². The summed E-state index contributed by atoms with van der Waals surface area (Å²) in [7, 11) is 0. The molecule has 0 saturated heterocycles. The molecule has 0 spiro atoms. The molecule has 234 valence electrons. The monoisotopic (exact) mass is 608 g/mol. The van der Waals surface area contributed by atoms with Crippen LogP contribution in [0.3, 0.4) is 0 Å². The van der Waals surface area contributed by atoms with Gasteiger partial charge in [-0.2, -0.15) is 11.8 Å². The lowest BCUT2D eigenvalue weighted by Gasteiger charge is -2.20. The number of aliphatic imine (C=N–C) groups is 2. The predicted molar refractivity (Wildman–Crippen MR) is 165 cm³/mol. The van der Waals surface area contributed by atoms with Gasteiger partial charge in [0, 0.05) is 18.7 Å². The van der Waals surface area contributed by atoms with Crippen LogP contribution >= 0.6 is 11.8 Å². The smallest absolute Gasteiger partial charge is 0.334 e. The van der Waals surface area contributed by atoms with Crippen molar-refractivity contribution in [1.82, 2.24) is 10.6 Å². The minimum atomic E-state index is -1.00. The minimum Gasteiger partial charge on any atom is -0.425 e. The van der Waals surface area contributed by atoms with Crippen molar-refractivity contribution in [1.29, 1.82) is 0 Å². The fourth-order valence-electron chi connectivity index (χ4n) is 3.56. The van der Waals surface area contributed by atoms with E-state index < -0.39 is 42.0 Å². The van der Waals surface area contributed by atoms with Gasteiger partial charge in [-0.15, -0.1) is 0 Å². The summed E-state index contributed by atoms with van der Waals surface area (Å²) in [5, 5.41) is 5.30. The lowest BCUT2D eigenvalue weighted by atomic mass is 9.99. The standard InChI is InChI=1S/C26H44N10O5S/c1-15(27)22(38)36-20(6-4-13-34-26(31)32)24(40)41-17-9-7-16(8-10-17)21(37)19(5-3-12-33-25(29)30)35-23(39)18(28)11-14-42-2/h7-10,15,18-20H,3-6,11-14,27-28H2,1-2H3,(H,35,39)(H,36,38)(H4,29,30,33)(H4,31,32,34)/t15-,18-,19-,20-/m0/s1. The molecule has 16 heteroatoms. The van der Waals surface area contributed by atoms with E-state index >= 15 is 0 Å². The molecule has 0 unspecified atom stereocenters. The highest BCUT2D eigenvalue weighted by molar-refractivity contribution is 7.98. The third-order valence-electron chi connectivity index (χ3n) is 5.87. The van der Waals surface area contributed by atoms with Crippen LogP contribution in [0.25, 0.3) is 0 Å². The fourth-order valence-corrected chi connectivity index (χ4v) is 4.05. The SMILES string of the molecule is CSCC[C@H](N)C(=O)N[C@@H](CCCN=C(N)N)C(=O)c1ccc(OC(=O)[C@H](CCCN=C(N)N)NC(=O)[C@H](C)N)cc1. The van der Waals surface area contributed by atoms with Crippen LogP contribution in [0.2, 0.25) is 0 Å². The Morgan fingerprint density at radius 1 is 0.833 bits per heavy atom. The Bertz CT molecular complexity index is 1090.